The Bertz CT molecular complexity index is 608. The fourth-order valence-electron chi connectivity index (χ4n) is 2.65. The number of rotatable bonds is 4. The monoisotopic (exact) mass is 306 g/mol. The molecule has 0 amide bonds. The Balaban J connectivity index is 2.43. The lowest BCUT2D eigenvalue weighted by atomic mass is 10.0. The van der Waals surface area contributed by atoms with Crippen molar-refractivity contribution < 1.29 is 9.13 Å². The fraction of sp³-hybridized carbons (Fsp3) is 0.375. The van der Waals surface area contributed by atoms with E-state index in [1.165, 1.54) is 12.1 Å². The average Bonchev–Trinajstić information content (AvgIpc) is 2.48. The molecule has 1 unspecified atom stereocenters. The quantitative estimate of drug-likeness (QED) is 0.790. The van der Waals surface area contributed by atoms with Crippen molar-refractivity contribution in [3.8, 4) is 5.75 Å². The number of hydrogen-bond acceptors (Lipinski definition) is 5. The molecular formula is C16H23FN4O. The number of ether oxygens (including phenoxy) is 1. The van der Waals surface area contributed by atoms with Gasteiger partial charge in [0.25, 0.3) is 0 Å². The van der Waals surface area contributed by atoms with Gasteiger partial charge in [-0.3, -0.25) is 0 Å². The Kier molecular flexibility index (Phi) is 4.80. The number of benzene rings is 1. The minimum atomic E-state index is -0.290. The smallest absolute Gasteiger partial charge is 0.124 e. The van der Waals surface area contributed by atoms with Gasteiger partial charge in [0.15, 0.2) is 0 Å². The summed E-state index contributed by atoms with van der Waals surface area (Å²) in [6.07, 6.45) is 1.82. The Labute approximate surface area is 130 Å². The summed E-state index contributed by atoms with van der Waals surface area (Å²) in [5.74, 6) is 0.930. The first-order valence-electron chi connectivity index (χ1n) is 7.21. The molecule has 0 saturated carbocycles. The zero-order valence-electron chi connectivity index (χ0n) is 13.2. The number of allylic oxidation sites excluding steroid dienone is 2. The Morgan fingerprint density at radius 1 is 1.50 bits per heavy atom. The summed E-state index contributed by atoms with van der Waals surface area (Å²) >= 11 is 0. The van der Waals surface area contributed by atoms with E-state index in [0.717, 1.165) is 24.4 Å². The summed E-state index contributed by atoms with van der Waals surface area (Å²) in [5.41, 5.74) is 14.1. The SMILES string of the molecule is COc1ccc(F)cc1C(C)N1CCNC(N)=C1/C=C(/C)N. The van der Waals surface area contributed by atoms with E-state index in [9.17, 15) is 4.39 Å². The summed E-state index contributed by atoms with van der Waals surface area (Å²) in [7, 11) is 1.58. The first-order chi connectivity index (χ1) is 10.4. The number of methoxy groups -OCH3 is 1. The minimum Gasteiger partial charge on any atom is -0.496 e. The summed E-state index contributed by atoms with van der Waals surface area (Å²) in [5, 5.41) is 3.12. The molecule has 1 aromatic rings. The standard InChI is InChI=1S/C16H23FN4O/c1-10(18)8-14-16(19)20-6-7-21(14)11(2)13-9-12(17)4-5-15(13)22-3/h4-5,8-9,11,20H,6-7,18-19H2,1-3H3/b10-8-. The lowest BCUT2D eigenvalue weighted by Crippen LogP contribution is -2.42. The van der Waals surface area contributed by atoms with Gasteiger partial charge in [-0.1, -0.05) is 0 Å². The molecule has 1 heterocycles. The van der Waals surface area contributed by atoms with E-state index in [2.05, 4.69) is 10.2 Å². The second kappa shape index (κ2) is 6.60. The summed E-state index contributed by atoms with van der Waals surface area (Å²) < 4.78 is 19.0. The zero-order chi connectivity index (χ0) is 16.3. The van der Waals surface area contributed by atoms with Crippen molar-refractivity contribution in [2.75, 3.05) is 20.2 Å². The first kappa shape index (κ1) is 16.0. The van der Waals surface area contributed by atoms with Gasteiger partial charge in [-0.05, 0) is 38.1 Å². The normalized spacial score (nSPS) is 17.3. The highest BCUT2D eigenvalue weighted by molar-refractivity contribution is 5.38. The third-order valence-electron chi connectivity index (χ3n) is 3.73. The van der Waals surface area contributed by atoms with Crippen molar-refractivity contribution in [2.24, 2.45) is 11.5 Å². The predicted molar refractivity (Wildman–Crippen MR) is 85.2 cm³/mol. The van der Waals surface area contributed by atoms with E-state index in [4.69, 9.17) is 16.2 Å². The van der Waals surface area contributed by atoms with Crippen LogP contribution in [0.3, 0.4) is 0 Å². The topological polar surface area (TPSA) is 76.5 Å². The van der Waals surface area contributed by atoms with Crippen LogP contribution in [-0.4, -0.2) is 25.1 Å². The van der Waals surface area contributed by atoms with Crippen LogP contribution in [0.15, 0.2) is 41.5 Å². The maximum Gasteiger partial charge on any atom is 0.124 e. The van der Waals surface area contributed by atoms with Gasteiger partial charge in [0.2, 0.25) is 0 Å². The molecule has 0 aliphatic carbocycles. The van der Waals surface area contributed by atoms with E-state index >= 15 is 0 Å². The van der Waals surface area contributed by atoms with E-state index in [-0.39, 0.29) is 11.9 Å². The number of halogens is 1. The van der Waals surface area contributed by atoms with Crippen molar-refractivity contribution in [1.29, 1.82) is 0 Å². The lowest BCUT2D eigenvalue weighted by molar-refractivity contribution is 0.254. The van der Waals surface area contributed by atoms with Crippen LogP contribution in [-0.2, 0) is 0 Å². The highest BCUT2D eigenvalue weighted by Crippen LogP contribution is 2.33. The Morgan fingerprint density at radius 2 is 2.23 bits per heavy atom. The molecule has 6 heteroatoms. The summed E-state index contributed by atoms with van der Waals surface area (Å²) in [4.78, 5) is 2.10. The largest absolute Gasteiger partial charge is 0.496 e. The van der Waals surface area contributed by atoms with Gasteiger partial charge < -0.3 is 26.4 Å². The fourth-order valence-corrected chi connectivity index (χ4v) is 2.65. The van der Waals surface area contributed by atoms with Crippen LogP contribution in [0.4, 0.5) is 4.39 Å². The van der Waals surface area contributed by atoms with Crippen LogP contribution in [0.2, 0.25) is 0 Å². The van der Waals surface area contributed by atoms with Crippen molar-refractivity contribution in [3.05, 3.63) is 52.9 Å². The molecule has 0 aromatic heterocycles. The molecule has 1 atom stereocenters. The molecule has 2 rings (SSSR count). The zero-order valence-corrected chi connectivity index (χ0v) is 13.2. The minimum absolute atomic E-state index is 0.100. The van der Waals surface area contributed by atoms with Crippen LogP contribution < -0.4 is 21.5 Å². The Hall–Kier alpha value is -2.37. The molecule has 0 fully saturated rings. The Morgan fingerprint density at radius 3 is 2.86 bits per heavy atom. The van der Waals surface area contributed by atoms with Gasteiger partial charge in [0, 0.05) is 24.4 Å². The molecular weight excluding hydrogens is 283 g/mol. The van der Waals surface area contributed by atoms with Crippen LogP contribution in [0.25, 0.3) is 0 Å². The second-order valence-corrected chi connectivity index (χ2v) is 5.37. The molecule has 22 heavy (non-hydrogen) atoms. The van der Waals surface area contributed by atoms with Gasteiger partial charge in [0.1, 0.15) is 17.4 Å². The molecule has 0 radical (unpaired) electrons. The lowest BCUT2D eigenvalue weighted by Gasteiger charge is -2.37. The first-order valence-corrected chi connectivity index (χ1v) is 7.21. The molecule has 5 N–H and O–H groups in total. The van der Waals surface area contributed by atoms with Crippen molar-refractivity contribution >= 4 is 0 Å². The maximum absolute atomic E-state index is 13.6. The summed E-state index contributed by atoms with van der Waals surface area (Å²) in [6, 6.07) is 4.43. The number of nitrogens with one attached hydrogen (secondary N) is 1. The van der Waals surface area contributed by atoms with Crippen LogP contribution >= 0.6 is 0 Å². The third kappa shape index (κ3) is 3.27. The van der Waals surface area contributed by atoms with Crippen molar-refractivity contribution in [3.63, 3.8) is 0 Å². The van der Waals surface area contributed by atoms with Gasteiger partial charge in [-0.25, -0.2) is 4.39 Å². The van der Waals surface area contributed by atoms with Gasteiger partial charge in [-0.2, -0.15) is 0 Å². The highest BCUT2D eigenvalue weighted by Gasteiger charge is 2.25. The summed E-state index contributed by atoms with van der Waals surface area (Å²) in [6.45, 7) is 5.26. The van der Waals surface area contributed by atoms with Crippen molar-refractivity contribution in [2.45, 2.75) is 19.9 Å². The van der Waals surface area contributed by atoms with E-state index in [0.29, 0.717) is 17.3 Å². The average molecular weight is 306 g/mol. The van der Waals surface area contributed by atoms with Crippen LogP contribution in [0.5, 0.6) is 5.75 Å². The van der Waals surface area contributed by atoms with E-state index < -0.39 is 0 Å². The predicted octanol–water partition coefficient (Wildman–Crippen LogP) is 1.79. The molecule has 5 nitrogen and oxygen atoms in total. The number of hydrogen-bond donors (Lipinski definition) is 3. The van der Waals surface area contributed by atoms with E-state index in [1.807, 2.05) is 13.0 Å². The molecule has 0 saturated heterocycles. The molecule has 0 bridgehead atoms. The maximum atomic E-state index is 13.6. The second-order valence-electron chi connectivity index (χ2n) is 5.37. The number of nitrogens with zero attached hydrogens (tertiary/aromatic N) is 1. The number of nitrogens with two attached hydrogens (primary N) is 2. The molecule has 0 spiro atoms. The van der Waals surface area contributed by atoms with Gasteiger partial charge in [0.05, 0.1) is 18.8 Å². The van der Waals surface area contributed by atoms with Gasteiger partial charge in [-0.15, -0.1) is 0 Å². The molecule has 120 valence electrons. The highest BCUT2D eigenvalue weighted by atomic mass is 19.1. The van der Waals surface area contributed by atoms with Crippen LogP contribution in [0.1, 0.15) is 25.5 Å². The molecule has 1 aliphatic heterocycles. The van der Waals surface area contributed by atoms with Gasteiger partial charge >= 0.3 is 0 Å². The molecule has 1 aromatic carbocycles. The third-order valence-corrected chi connectivity index (χ3v) is 3.73. The molecule has 1 aliphatic rings. The van der Waals surface area contributed by atoms with Crippen LogP contribution in [0, 0.1) is 5.82 Å². The van der Waals surface area contributed by atoms with Crippen molar-refractivity contribution in [1.82, 2.24) is 10.2 Å². The van der Waals surface area contributed by atoms with E-state index in [1.54, 1.807) is 20.1 Å².